The Kier molecular flexibility index (Phi) is 4.48. The second-order valence-corrected chi connectivity index (χ2v) is 6.15. The van der Waals surface area contributed by atoms with Gasteiger partial charge in [-0.2, -0.15) is 9.78 Å². The van der Waals surface area contributed by atoms with Crippen molar-refractivity contribution in [3.05, 3.63) is 35.9 Å². The van der Waals surface area contributed by atoms with Gasteiger partial charge < -0.3 is 15.4 Å². The molecule has 0 fully saturated rings. The molecule has 2 aromatic rings. The molecule has 0 unspecified atom stereocenters. The van der Waals surface area contributed by atoms with Crippen LogP contribution in [0.5, 0.6) is 5.88 Å². The van der Waals surface area contributed by atoms with Crippen LogP contribution in [0.2, 0.25) is 0 Å². The van der Waals surface area contributed by atoms with Crippen molar-refractivity contribution < 1.29 is 4.74 Å². The molecule has 2 aromatic heterocycles. The van der Waals surface area contributed by atoms with Crippen LogP contribution in [0.25, 0.3) is 11.1 Å². The molecule has 132 valence electrons. The van der Waals surface area contributed by atoms with Crippen LogP contribution in [0.15, 0.2) is 29.5 Å². The number of hydrogen-bond donors (Lipinski definition) is 2. The van der Waals surface area contributed by atoms with Gasteiger partial charge in [0.25, 0.3) is 0 Å². The number of ether oxygens (including phenoxy) is 1. The largest absolute Gasteiger partial charge is 0.481 e. The van der Waals surface area contributed by atoms with Crippen LogP contribution >= 0.6 is 0 Å². The Hall–Kier alpha value is -2.83. The summed E-state index contributed by atoms with van der Waals surface area (Å²) in [4.78, 5) is 9.20. The summed E-state index contributed by atoms with van der Waals surface area (Å²) in [6, 6.07) is 4.05. The lowest BCUT2D eigenvalue weighted by Crippen LogP contribution is -2.39. The lowest BCUT2D eigenvalue weighted by atomic mass is 10.0. The van der Waals surface area contributed by atoms with Gasteiger partial charge in [0.1, 0.15) is 11.6 Å². The second kappa shape index (κ2) is 6.58. The fourth-order valence-corrected chi connectivity index (χ4v) is 2.78. The molecule has 0 aromatic carbocycles. The van der Waals surface area contributed by atoms with Crippen LogP contribution in [0, 0.1) is 13.8 Å². The quantitative estimate of drug-likeness (QED) is 0.894. The molecule has 0 bridgehead atoms. The third-order valence-corrected chi connectivity index (χ3v) is 4.27. The maximum Gasteiger partial charge on any atom is 0.227 e. The van der Waals surface area contributed by atoms with E-state index in [1.165, 1.54) is 0 Å². The van der Waals surface area contributed by atoms with Gasteiger partial charge in [0.05, 0.1) is 18.8 Å². The van der Waals surface area contributed by atoms with Gasteiger partial charge >= 0.3 is 0 Å². The van der Waals surface area contributed by atoms with E-state index < -0.39 is 0 Å². The first-order valence-electron chi connectivity index (χ1n) is 8.37. The number of fused-ring (bicyclic) bond motifs is 1. The summed E-state index contributed by atoms with van der Waals surface area (Å²) in [6.07, 6.45) is 0.953. The zero-order chi connectivity index (χ0) is 18.1. The van der Waals surface area contributed by atoms with E-state index in [9.17, 15) is 0 Å². The number of methoxy groups -OCH3 is 1. The van der Waals surface area contributed by atoms with E-state index >= 15 is 0 Å². The van der Waals surface area contributed by atoms with Crippen LogP contribution in [0.3, 0.4) is 0 Å². The molecule has 0 saturated carbocycles. The molecule has 1 aliphatic heterocycles. The van der Waals surface area contributed by atoms with Crippen LogP contribution in [0.1, 0.15) is 31.7 Å². The first-order chi connectivity index (χ1) is 11.9. The minimum atomic E-state index is 0.193. The fourth-order valence-electron chi connectivity index (χ4n) is 2.78. The molecule has 2 N–H and O–H groups in total. The molecule has 7 heteroatoms. The van der Waals surface area contributed by atoms with E-state index in [2.05, 4.69) is 41.1 Å². The Bertz CT molecular complexity index is 851. The highest BCUT2D eigenvalue weighted by molar-refractivity contribution is 5.94. The van der Waals surface area contributed by atoms with Crippen molar-refractivity contribution in [1.82, 2.24) is 20.1 Å². The van der Waals surface area contributed by atoms with E-state index in [0.717, 1.165) is 34.8 Å². The summed E-state index contributed by atoms with van der Waals surface area (Å²) in [5, 5.41) is 11.1. The highest BCUT2D eigenvalue weighted by Crippen LogP contribution is 2.35. The Labute approximate surface area is 147 Å². The van der Waals surface area contributed by atoms with E-state index in [0.29, 0.717) is 17.7 Å². The number of nitrogens with zero attached hydrogens (tertiary/aromatic N) is 4. The van der Waals surface area contributed by atoms with Gasteiger partial charge in [0.2, 0.25) is 11.8 Å². The average Bonchev–Trinajstić information content (AvgIpc) is 2.90. The van der Waals surface area contributed by atoms with Gasteiger partial charge in [-0.3, -0.25) is 0 Å². The maximum atomic E-state index is 5.21. The molecule has 0 saturated heterocycles. The van der Waals surface area contributed by atoms with E-state index in [-0.39, 0.29) is 6.04 Å². The van der Waals surface area contributed by atoms with Gasteiger partial charge in [-0.15, -0.1) is 0 Å². The van der Waals surface area contributed by atoms with E-state index in [4.69, 9.17) is 9.73 Å². The average molecular weight is 340 g/mol. The van der Waals surface area contributed by atoms with E-state index in [1.807, 2.05) is 26.0 Å². The third kappa shape index (κ3) is 3.09. The van der Waals surface area contributed by atoms with Crippen LogP contribution in [-0.2, 0) is 0 Å². The van der Waals surface area contributed by atoms with Crippen molar-refractivity contribution in [1.29, 1.82) is 0 Å². The zero-order valence-electron chi connectivity index (χ0n) is 15.3. The molecule has 3 rings (SSSR count). The van der Waals surface area contributed by atoms with Crippen molar-refractivity contribution in [2.75, 3.05) is 12.4 Å². The molecule has 0 aliphatic carbocycles. The Morgan fingerprint density at radius 1 is 1.28 bits per heavy atom. The number of anilines is 1. The molecule has 3 heterocycles. The molecule has 1 aliphatic rings. The molecular formula is C18H24N6O. The SMILES string of the molecule is C=C1NC(=N[C@H](C)CC)n2nc(C)c(-c3ccc(OC)nc3C)c2N1. The number of hydrogen-bond acceptors (Lipinski definition) is 5. The maximum absolute atomic E-state index is 5.21. The monoisotopic (exact) mass is 340 g/mol. The van der Waals surface area contributed by atoms with Crippen molar-refractivity contribution in [2.24, 2.45) is 4.99 Å². The van der Waals surface area contributed by atoms with Gasteiger partial charge in [0, 0.05) is 22.9 Å². The minimum Gasteiger partial charge on any atom is -0.481 e. The van der Waals surface area contributed by atoms with Crippen molar-refractivity contribution in [2.45, 2.75) is 40.2 Å². The second-order valence-electron chi connectivity index (χ2n) is 6.15. The Balaban J connectivity index is 2.16. The predicted octanol–water partition coefficient (Wildman–Crippen LogP) is 3.06. The lowest BCUT2D eigenvalue weighted by Gasteiger charge is -2.23. The van der Waals surface area contributed by atoms with Gasteiger partial charge in [-0.05, 0) is 33.3 Å². The zero-order valence-corrected chi connectivity index (χ0v) is 15.3. The number of pyridine rings is 1. The summed E-state index contributed by atoms with van der Waals surface area (Å²) in [5.41, 5.74) is 3.77. The van der Waals surface area contributed by atoms with Gasteiger partial charge in [0.15, 0.2) is 0 Å². The number of rotatable bonds is 4. The van der Waals surface area contributed by atoms with Gasteiger partial charge in [-0.1, -0.05) is 13.5 Å². The van der Waals surface area contributed by atoms with Gasteiger partial charge in [-0.25, -0.2) is 9.98 Å². The lowest BCUT2D eigenvalue weighted by molar-refractivity contribution is 0.397. The topological polar surface area (TPSA) is 76.4 Å². The first-order valence-corrected chi connectivity index (χ1v) is 8.37. The van der Waals surface area contributed by atoms with Crippen LogP contribution < -0.4 is 15.4 Å². The van der Waals surface area contributed by atoms with Crippen LogP contribution in [-0.4, -0.2) is 33.9 Å². The molecule has 1 atom stereocenters. The van der Waals surface area contributed by atoms with E-state index in [1.54, 1.807) is 11.8 Å². The summed E-state index contributed by atoms with van der Waals surface area (Å²) >= 11 is 0. The van der Waals surface area contributed by atoms with Crippen molar-refractivity contribution in [3.63, 3.8) is 0 Å². The normalized spacial score (nSPS) is 16.2. The molecular weight excluding hydrogens is 316 g/mol. The number of aliphatic imine (C=N–C) groups is 1. The van der Waals surface area contributed by atoms with Crippen molar-refractivity contribution >= 4 is 11.8 Å². The third-order valence-electron chi connectivity index (χ3n) is 4.27. The molecule has 25 heavy (non-hydrogen) atoms. The number of nitrogens with one attached hydrogen (secondary N) is 2. The molecule has 0 amide bonds. The minimum absolute atomic E-state index is 0.193. The smallest absolute Gasteiger partial charge is 0.227 e. The summed E-state index contributed by atoms with van der Waals surface area (Å²) in [6.45, 7) is 12.1. The fraction of sp³-hybridized carbons (Fsp3) is 0.389. The molecule has 7 nitrogen and oxygen atoms in total. The standard InChI is InChI=1S/C18H24N6O/c1-7-10(2)19-18-22-13(5)21-17-16(12(4)23-24(17)18)14-8-9-15(25-6)20-11(14)3/h8-10,21H,5,7H2,1-4,6H3,(H,19,22)/t10-/m1/s1. The van der Waals surface area contributed by atoms with Crippen molar-refractivity contribution in [3.8, 4) is 17.0 Å². The highest BCUT2D eigenvalue weighted by atomic mass is 16.5. The number of aryl methyl sites for hydroxylation is 2. The Morgan fingerprint density at radius 3 is 2.68 bits per heavy atom. The summed E-state index contributed by atoms with van der Waals surface area (Å²) < 4.78 is 7.01. The summed E-state index contributed by atoms with van der Waals surface area (Å²) in [7, 11) is 1.61. The molecule has 0 radical (unpaired) electrons. The van der Waals surface area contributed by atoms with Crippen LogP contribution in [0.4, 0.5) is 5.82 Å². The Morgan fingerprint density at radius 2 is 2.04 bits per heavy atom. The number of aromatic nitrogens is 3. The highest BCUT2D eigenvalue weighted by Gasteiger charge is 2.26. The first kappa shape index (κ1) is 17.0. The summed E-state index contributed by atoms with van der Waals surface area (Å²) in [5.74, 6) is 2.80. The predicted molar refractivity (Wildman–Crippen MR) is 100.0 cm³/mol. The molecule has 0 spiro atoms.